The summed E-state index contributed by atoms with van der Waals surface area (Å²) in [5.74, 6) is -1.44. The molecular formula is C13H13N3O4. The number of nitrogens with zero attached hydrogens (tertiary/aromatic N) is 1. The summed E-state index contributed by atoms with van der Waals surface area (Å²) in [7, 11) is 1.36. The molecule has 1 rings (SSSR count). The van der Waals surface area contributed by atoms with E-state index in [1.54, 1.807) is 0 Å². The monoisotopic (exact) mass is 275 g/mol. The van der Waals surface area contributed by atoms with Gasteiger partial charge < -0.3 is 10.1 Å². The Kier molecular flexibility index (Phi) is 5.23. The Morgan fingerprint density at radius 3 is 2.35 bits per heavy atom. The number of ether oxygens (including phenoxy) is 1. The number of carbonyl (C=O) groups is 3. The molecule has 0 radical (unpaired) electrons. The number of urea groups is 1. The van der Waals surface area contributed by atoms with E-state index in [2.05, 4.69) is 5.32 Å². The molecule has 1 atom stereocenters. The van der Waals surface area contributed by atoms with Gasteiger partial charge in [-0.25, -0.2) is 9.59 Å². The molecule has 1 aromatic carbocycles. The van der Waals surface area contributed by atoms with Crippen molar-refractivity contribution in [2.75, 3.05) is 7.05 Å². The Labute approximate surface area is 115 Å². The second kappa shape index (κ2) is 6.89. The number of esters is 1. The van der Waals surface area contributed by atoms with Crippen LogP contribution in [0.25, 0.3) is 0 Å². The Morgan fingerprint density at radius 2 is 1.85 bits per heavy atom. The maximum absolute atomic E-state index is 11.7. The van der Waals surface area contributed by atoms with Crippen molar-refractivity contribution >= 4 is 17.9 Å². The zero-order chi connectivity index (χ0) is 15.1. The highest BCUT2D eigenvalue weighted by Crippen LogP contribution is 2.06. The number of hydrogen-bond acceptors (Lipinski definition) is 5. The Bertz CT molecular complexity index is 560. The molecule has 0 heterocycles. The van der Waals surface area contributed by atoms with Gasteiger partial charge in [-0.2, -0.15) is 5.26 Å². The number of amides is 3. The predicted octanol–water partition coefficient (Wildman–Crippen LogP) is 0.559. The van der Waals surface area contributed by atoms with Crippen molar-refractivity contribution in [3.8, 4) is 6.07 Å². The van der Waals surface area contributed by atoms with Crippen LogP contribution in [-0.4, -0.2) is 31.1 Å². The van der Waals surface area contributed by atoms with E-state index in [9.17, 15) is 14.4 Å². The van der Waals surface area contributed by atoms with E-state index in [-0.39, 0.29) is 5.56 Å². The fourth-order valence-corrected chi connectivity index (χ4v) is 1.24. The summed E-state index contributed by atoms with van der Waals surface area (Å²) < 4.78 is 4.90. The van der Waals surface area contributed by atoms with Gasteiger partial charge in [0.2, 0.25) is 0 Å². The molecule has 7 nitrogen and oxygen atoms in total. The van der Waals surface area contributed by atoms with Crippen LogP contribution in [0.4, 0.5) is 4.79 Å². The van der Waals surface area contributed by atoms with Crippen LogP contribution in [0.1, 0.15) is 22.8 Å². The Balaban J connectivity index is 2.63. The average Bonchev–Trinajstić information content (AvgIpc) is 2.46. The molecular weight excluding hydrogens is 262 g/mol. The number of imide groups is 1. The molecule has 0 saturated heterocycles. The lowest BCUT2D eigenvalue weighted by Gasteiger charge is -2.12. The van der Waals surface area contributed by atoms with E-state index in [0.29, 0.717) is 5.56 Å². The standard InChI is InChI=1S/C13H13N3O4/c1-8(11(17)16-13(19)15-2)20-12(18)10-5-3-9(7-14)4-6-10/h3-6,8H,1-2H3,(H2,15,16,17,19)/t8-/m0/s1. The summed E-state index contributed by atoms with van der Waals surface area (Å²) in [6, 6.07) is 7.01. The third-order valence-electron chi connectivity index (χ3n) is 2.37. The number of benzene rings is 1. The number of nitrogens with one attached hydrogen (secondary N) is 2. The molecule has 7 heteroatoms. The number of rotatable bonds is 3. The van der Waals surface area contributed by atoms with E-state index in [1.807, 2.05) is 11.4 Å². The quantitative estimate of drug-likeness (QED) is 0.783. The van der Waals surface area contributed by atoms with Crippen molar-refractivity contribution in [2.45, 2.75) is 13.0 Å². The zero-order valence-electron chi connectivity index (χ0n) is 11.0. The summed E-state index contributed by atoms with van der Waals surface area (Å²) in [5.41, 5.74) is 0.621. The zero-order valence-corrected chi connectivity index (χ0v) is 11.0. The van der Waals surface area contributed by atoms with Crippen LogP contribution in [0.15, 0.2) is 24.3 Å². The lowest BCUT2D eigenvalue weighted by Crippen LogP contribution is -2.43. The van der Waals surface area contributed by atoms with Gasteiger partial charge in [-0.05, 0) is 31.2 Å². The molecule has 3 amide bonds. The average molecular weight is 275 g/mol. The third kappa shape index (κ3) is 4.10. The largest absolute Gasteiger partial charge is 0.449 e. The first-order valence-electron chi connectivity index (χ1n) is 5.71. The molecule has 0 saturated carbocycles. The normalized spacial score (nSPS) is 10.8. The molecule has 2 N–H and O–H groups in total. The Hall–Kier alpha value is -2.88. The second-order valence-corrected chi connectivity index (χ2v) is 3.81. The minimum Gasteiger partial charge on any atom is -0.449 e. The summed E-state index contributed by atoms with van der Waals surface area (Å²) in [5, 5.41) is 12.8. The molecule has 0 aliphatic carbocycles. The van der Waals surface area contributed by atoms with E-state index in [0.717, 1.165) is 0 Å². The number of carbonyl (C=O) groups excluding carboxylic acids is 3. The number of nitriles is 1. The summed E-state index contributed by atoms with van der Waals surface area (Å²) in [6.07, 6.45) is -1.12. The van der Waals surface area contributed by atoms with Crippen LogP contribution < -0.4 is 10.6 Å². The highest BCUT2D eigenvalue weighted by atomic mass is 16.5. The summed E-state index contributed by atoms with van der Waals surface area (Å²) in [4.78, 5) is 34.2. The van der Waals surface area contributed by atoms with Gasteiger partial charge in [-0.1, -0.05) is 0 Å². The van der Waals surface area contributed by atoms with Crippen molar-refractivity contribution in [3.63, 3.8) is 0 Å². The van der Waals surface area contributed by atoms with Crippen molar-refractivity contribution in [3.05, 3.63) is 35.4 Å². The molecule has 0 unspecified atom stereocenters. The molecule has 0 spiro atoms. The number of hydrogen-bond donors (Lipinski definition) is 2. The molecule has 20 heavy (non-hydrogen) atoms. The van der Waals surface area contributed by atoms with Crippen molar-refractivity contribution in [1.82, 2.24) is 10.6 Å². The highest BCUT2D eigenvalue weighted by molar-refractivity contribution is 5.98. The van der Waals surface area contributed by atoms with Crippen LogP contribution in [0.2, 0.25) is 0 Å². The maximum atomic E-state index is 11.7. The maximum Gasteiger partial charge on any atom is 0.338 e. The molecule has 0 bridgehead atoms. The van der Waals surface area contributed by atoms with Crippen LogP contribution in [0.3, 0.4) is 0 Å². The third-order valence-corrected chi connectivity index (χ3v) is 2.37. The lowest BCUT2D eigenvalue weighted by atomic mass is 10.1. The van der Waals surface area contributed by atoms with Crippen LogP contribution >= 0.6 is 0 Å². The first-order chi connectivity index (χ1) is 9.47. The van der Waals surface area contributed by atoms with Gasteiger partial charge in [0.05, 0.1) is 17.2 Å². The predicted molar refractivity (Wildman–Crippen MR) is 68.6 cm³/mol. The summed E-state index contributed by atoms with van der Waals surface area (Å²) >= 11 is 0. The van der Waals surface area contributed by atoms with E-state index >= 15 is 0 Å². The van der Waals surface area contributed by atoms with Gasteiger partial charge >= 0.3 is 12.0 Å². The topological polar surface area (TPSA) is 108 Å². The van der Waals surface area contributed by atoms with Crippen LogP contribution in [-0.2, 0) is 9.53 Å². The van der Waals surface area contributed by atoms with Crippen molar-refractivity contribution in [1.29, 1.82) is 5.26 Å². The SMILES string of the molecule is CNC(=O)NC(=O)[C@H](C)OC(=O)c1ccc(C#N)cc1. The second-order valence-electron chi connectivity index (χ2n) is 3.81. The summed E-state index contributed by atoms with van der Waals surface area (Å²) in [6.45, 7) is 1.35. The molecule has 0 aliphatic heterocycles. The van der Waals surface area contributed by atoms with Gasteiger partial charge in [-0.3, -0.25) is 10.1 Å². The van der Waals surface area contributed by atoms with E-state index in [4.69, 9.17) is 10.00 Å². The fourth-order valence-electron chi connectivity index (χ4n) is 1.24. The van der Waals surface area contributed by atoms with Crippen molar-refractivity contribution in [2.24, 2.45) is 0 Å². The minimum absolute atomic E-state index is 0.212. The van der Waals surface area contributed by atoms with Gasteiger partial charge in [0, 0.05) is 7.05 Å². The Morgan fingerprint density at radius 1 is 1.25 bits per heavy atom. The lowest BCUT2D eigenvalue weighted by molar-refractivity contribution is -0.127. The molecule has 0 fully saturated rings. The van der Waals surface area contributed by atoms with Gasteiger partial charge in [0.15, 0.2) is 6.10 Å². The first-order valence-corrected chi connectivity index (χ1v) is 5.71. The molecule has 104 valence electrons. The molecule has 0 aliphatic rings. The van der Waals surface area contributed by atoms with Crippen molar-refractivity contribution < 1.29 is 19.1 Å². The van der Waals surface area contributed by atoms with Gasteiger partial charge in [0.1, 0.15) is 0 Å². The first kappa shape index (κ1) is 15.2. The highest BCUT2D eigenvalue weighted by Gasteiger charge is 2.20. The van der Waals surface area contributed by atoms with Gasteiger partial charge in [0.25, 0.3) is 5.91 Å². The minimum atomic E-state index is -1.12. The van der Waals surface area contributed by atoms with E-state index in [1.165, 1.54) is 38.2 Å². The van der Waals surface area contributed by atoms with Crippen LogP contribution in [0.5, 0.6) is 0 Å². The molecule has 1 aromatic rings. The van der Waals surface area contributed by atoms with Gasteiger partial charge in [-0.15, -0.1) is 0 Å². The smallest absolute Gasteiger partial charge is 0.338 e. The fraction of sp³-hybridized carbons (Fsp3) is 0.231. The van der Waals surface area contributed by atoms with E-state index < -0.39 is 24.0 Å². The molecule has 0 aromatic heterocycles. The van der Waals surface area contributed by atoms with Crippen LogP contribution in [0, 0.1) is 11.3 Å².